The van der Waals surface area contributed by atoms with Gasteiger partial charge in [0.1, 0.15) is 0 Å². The summed E-state index contributed by atoms with van der Waals surface area (Å²) in [6.07, 6.45) is 7.19. The first-order valence-electron chi connectivity index (χ1n) is 9.25. The van der Waals surface area contributed by atoms with Crippen LogP contribution in [0.5, 0.6) is 0 Å². The fourth-order valence-corrected chi connectivity index (χ4v) is 4.36. The predicted octanol–water partition coefficient (Wildman–Crippen LogP) is 3.99. The molecular weight excluding hydrogens is 286 g/mol. The van der Waals surface area contributed by atoms with Crippen molar-refractivity contribution >= 4 is 5.97 Å². The molecule has 1 heterocycles. The van der Waals surface area contributed by atoms with Crippen molar-refractivity contribution in [3.8, 4) is 0 Å². The number of hydrogen-bond donors (Lipinski definition) is 0. The Morgan fingerprint density at radius 1 is 1.09 bits per heavy atom. The van der Waals surface area contributed by atoms with E-state index < -0.39 is 0 Å². The Bertz CT molecular complexity index is 494. The van der Waals surface area contributed by atoms with E-state index in [9.17, 15) is 4.79 Å². The van der Waals surface area contributed by atoms with E-state index in [1.807, 2.05) is 6.92 Å². The van der Waals surface area contributed by atoms with Gasteiger partial charge in [-0.3, -0.25) is 9.69 Å². The molecule has 3 rings (SSSR count). The molecule has 126 valence electrons. The molecule has 3 heteroatoms. The molecule has 2 atom stereocenters. The number of likely N-dealkylation sites (tertiary alicyclic amines) is 1. The van der Waals surface area contributed by atoms with Crippen LogP contribution in [0.1, 0.15) is 56.9 Å². The maximum absolute atomic E-state index is 11.9. The first-order valence-corrected chi connectivity index (χ1v) is 9.25. The Morgan fingerprint density at radius 2 is 1.78 bits per heavy atom. The summed E-state index contributed by atoms with van der Waals surface area (Å²) in [5.74, 6) is 0.782. The summed E-state index contributed by atoms with van der Waals surface area (Å²) in [7, 11) is 0. The Morgan fingerprint density at radius 3 is 2.48 bits per heavy atom. The van der Waals surface area contributed by atoms with Gasteiger partial charge in [0.15, 0.2) is 0 Å². The van der Waals surface area contributed by atoms with E-state index in [2.05, 4.69) is 35.2 Å². The van der Waals surface area contributed by atoms with Crippen LogP contribution >= 0.6 is 0 Å². The molecular formula is C20H29NO2. The third-order valence-corrected chi connectivity index (χ3v) is 5.58. The molecule has 2 aliphatic rings. The molecule has 23 heavy (non-hydrogen) atoms. The molecule has 2 fully saturated rings. The van der Waals surface area contributed by atoms with Crippen LogP contribution in [-0.4, -0.2) is 36.6 Å². The van der Waals surface area contributed by atoms with E-state index >= 15 is 0 Å². The number of hydrogen-bond acceptors (Lipinski definition) is 3. The number of ether oxygens (including phenoxy) is 1. The summed E-state index contributed by atoms with van der Waals surface area (Å²) < 4.78 is 5.20. The van der Waals surface area contributed by atoms with Crippen LogP contribution in [0.3, 0.4) is 0 Å². The minimum Gasteiger partial charge on any atom is -0.466 e. The predicted molar refractivity (Wildman–Crippen MR) is 92.4 cm³/mol. The lowest BCUT2D eigenvalue weighted by molar-refractivity contribution is -0.149. The van der Waals surface area contributed by atoms with E-state index in [1.54, 1.807) is 0 Å². The first kappa shape index (κ1) is 16.5. The zero-order valence-corrected chi connectivity index (χ0v) is 14.2. The summed E-state index contributed by atoms with van der Waals surface area (Å²) in [6, 6.07) is 11.6. The van der Waals surface area contributed by atoms with Gasteiger partial charge in [0.05, 0.1) is 12.5 Å². The molecule has 1 aromatic rings. The Hall–Kier alpha value is -1.35. The van der Waals surface area contributed by atoms with Crippen molar-refractivity contribution in [2.45, 2.75) is 57.4 Å². The number of carbonyl (C=O) groups is 1. The van der Waals surface area contributed by atoms with Gasteiger partial charge in [-0.25, -0.2) is 0 Å². The quantitative estimate of drug-likeness (QED) is 0.787. The minimum atomic E-state index is 0.00963. The van der Waals surface area contributed by atoms with Crippen molar-refractivity contribution in [1.29, 1.82) is 0 Å². The van der Waals surface area contributed by atoms with Crippen molar-refractivity contribution in [2.24, 2.45) is 5.92 Å². The van der Waals surface area contributed by atoms with Crippen LogP contribution in [0.2, 0.25) is 0 Å². The molecule has 0 radical (unpaired) electrons. The number of carbonyl (C=O) groups excluding carboxylic acids is 1. The molecule has 1 saturated heterocycles. The average Bonchev–Trinajstić information content (AvgIpc) is 2.63. The highest BCUT2D eigenvalue weighted by atomic mass is 16.5. The highest BCUT2D eigenvalue weighted by molar-refractivity contribution is 5.72. The lowest BCUT2D eigenvalue weighted by Gasteiger charge is -2.43. The molecule has 3 nitrogen and oxygen atoms in total. The van der Waals surface area contributed by atoms with Gasteiger partial charge in [0.25, 0.3) is 0 Å². The number of nitrogens with zero attached hydrogens (tertiary/aromatic N) is 1. The SMILES string of the molecule is CCOC(=O)C1CCN([C@@H]2CCCC[C@@H]2c2ccccc2)CC1. The van der Waals surface area contributed by atoms with Gasteiger partial charge in [0, 0.05) is 6.04 Å². The normalized spacial score (nSPS) is 26.8. The third-order valence-electron chi connectivity index (χ3n) is 5.58. The van der Waals surface area contributed by atoms with Crippen LogP contribution in [0, 0.1) is 5.92 Å². The molecule has 0 N–H and O–H groups in total. The summed E-state index contributed by atoms with van der Waals surface area (Å²) in [5, 5.41) is 0. The van der Waals surface area contributed by atoms with E-state index in [1.165, 1.54) is 31.2 Å². The van der Waals surface area contributed by atoms with Gasteiger partial charge < -0.3 is 4.74 Å². The van der Waals surface area contributed by atoms with Crippen LogP contribution in [0.15, 0.2) is 30.3 Å². The molecule has 0 amide bonds. The van der Waals surface area contributed by atoms with Gasteiger partial charge in [-0.2, -0.15) is 0 Å². The average molecular weight is 315 g/mol. The molecule has 1 saturated carbocycles. The standard InChI is InChI=1S/C20H29NO2/c1-2-23-20(22)17-12-14-21(15-13-17)19-11-7-6-10-18(19)16-8-4-3-5-9-16/h3-5,8-9,17-19H,2,6-7,10-15H2,1H3/t18-,19-/m1/s1. The lowest BCUT2D eigenvalue weighted by atomic mass is 9.78. The highest BCUT2D eigenvalue weighted by Gasteiger charge is 2.34. The Labute approximate surface area is 140 Å². The minimum absolute atomic E-state index is 0.00963. The molecule has 1 aliphatic carbocycles. The Kier molecular flexibility index (Phi) is 5.71. The van der Waals surface area contributed by atoms with Crippen molar-refractivity contribution < 1.29 is 9.53 Å². The van der Waals surface area contributed by atoms with E-state index in [4.69, 9.17) is 4.74 Å². The maximum Gasteiger partial charge on any atom is 0.309 e. The van der Waals surface area contributed by atoms with Gasteiger partial charge >= 0.3 is 5.97 Å². The fourth-order valence-electron chi connectivity index (χ4n) is 4.36. The topological polar surface area (TPSA) is 29.5 Å². The van der Waals surface area contributed by atoms with Gasteiger partial charge in [0.2, 0.25) is 0 Å². The Balaban J connectivity index is 1.63. The van der Waals surface area contributed by atoms with Crippen LogP contribution in [0.25, 0.3) is 0 Å². The van der Waals surface area contributed by atoms with Crippen molar-refractivity contribution in [3.05, 3.63) is 35.9 Å². The molecule has 0 unspecified atom stereocenters. The smallest absolute Gasteiger partial charge is 0.309 e. The van der Waals surface area contributed by atoms with E-state index in [0.717, 1.165) is 25.9 Å². The molecule has 1 aromatic carbocycles. The van der Waals surface area contributed by atoms with Crippen LogP contribution < -0.4 is 0 Å². The van der Waals surface area contributed by atoms with Gasteiger partial charge in [-0.15, -0.1) is 0 Å². The highest BCUT2D eigenvalue weighted by Crippen LogP contribution is 2.37. The zero-order chi connectivity index (χ0) is 16.1. The summed E-state index contributed by atoms with van der Waals surface area (Å²) >= 11 is 0. The monoisotopic (exact) mass is 315 g/mol. The summed E-state index contributed by atoms with van der Waals surface area (Å²) in [5.41, 5.74) is 1.49. The van der Waals surface area contributed by atoms with Gasteiger partial charge in [-0.1, -0.05) is 43.2 Å². The van der Waals surface area contributed by atoms with E-state index in [-0.39, 0.29) is 11.9 Å². The molecule has 0 bridgehead atoms. The van der Waals surface area contributed by atoms with Crippen molar-refractivity contribution in [2.75, 3.05) is 19.7 Å². The molecule has 0 aromatic heterocycles. The molecule has 0 spiro atoms. The maximum atomic E-state index is 11.9. The van der Waals surface area contributed by atoms with Gasteiger partial charge in [-0.05, 0) is 57.2 Å². The second-order valence-electron chi connectivity index (χ2n) is 6.93. The number of benzene rings is 1. The molecule has 1 aliphatic heterocycles. The van der Waals surface area contributed by atoms with Crippen molar-refractivity contribution in [3.63, 3.8) is 0 Å². The van der Waals surface area contributed by atoms with Crippen molar-refractivity contribution in [1.82, 2.24) is 4.90 Å². The number of piperidine rings is 1. The first-order chi connectivity index (χ1) is 11.3. The van der Waals surface area contributed by atoms with E-state index in [0.29, 0.717) is 18.6 Å². The lowest BCUT2D eigenvalue weighted by Crippen LogP contribution is -2.46. The van der Waals surface area contributed by atoms with Crippen LogP contribution in [0.4, 0.5) is 0 Å². The fraction of sp³-hybridized carbons (Fsp3) is 0.650. The second kappa shape index (κ2) is 7.96. The zero-order valence-electron chi connectivity index (χ0n) is 14.2. The summed E-state index contributed by atoms with van der Waals surface area (Å²) in [4.78, 5) is 14.6. The number of rotatable bonds is 4. The third kappa shape index (κ3) is 3.95. The largest absolute Gasteiger partial charge is 0.466 e. The summed E-state index contributed by atoms with van der Waals surface area (Å²) in [6.45, 7) is 4.46. The second-order valence-corrected chi connectivity index (χ2v) is 6.93. The van der Waals surface area contributed by atoms with Crippen LogP contribution in [-0.2, 0) is 9.53 Å². The number of esters is 1.